The zero-order valence-corrected chi connectivity index (χ0v) is 19.2. The third-order valence-electron chi connectivity index (χ3n) is 6.04. The molecule has 1 aliphatic heterocycles. The van der Waals surface area contributed by atoms with Crippen LogP contribution >= 0.6 is 11.8 Å². The van der Waals surface area contributed by atoms with Crippen molar-refractivity contribution in [2.45, 2.75) is 31.6 Å². The summed E-state index contributed by atoms with van der Waals surface area (Å²) in [6, 6.07) is 22.2. The van der Waals surface area contributed by atoms with E-state index in [9.17, 15) is 9.18 Å². The molecule has 1 aromatic heterocycles. The van der Waals surface area contributed by atoms with E-state index in [4.69, 9.17) is 9.97 Å². The number of halogens is 1. The van der Waals surface area contributed by atoms with Crippen molar-refractivity contribution >= 4 is 33.7 Å². The number of hydrogen-bond acceptors (Lipinski definition) is 5. The van der Waals surface area contributed by atoms with Gasteiger partial charge in [0.2, 0.25) is 5.12 Å². The summed E-state index contributed by atoms with van der Waals surface area (Å²) in [6.45, 7) is 3.09. The maximum absolute atomic E-state index is 13.5. The molecular weight excluding hydrogens is 433 g/mol. The second-order valence-corrected chi connectivity index (χ2v) is 9.30. The molecule has 0 N–H and O–H groups in total. The van der Waals surface area contributed by atoms with Gasteiger partial charge < -0.3 is 4.90 Å². The van der Waals surface area contributed by atoms with Crippen LogP contribution in [0.25, 0.3) is 22.3 Å². The first-order valence-electron chi connectivity index (χ1n) is 11.1. The first-order chi connectivity index (χ1) is 16.1. The van der Waals surface area contributed by atoms with Gasteiger partial charge in [-0.25, -0.2) is 14.4 Å². The topological polar surface area (TPSA) is 46.1 Å². The zero-order valence-electron chi connectivity index (χ0n) is 18.4. The fourth-order valence-corrected chi connectivity index (χ4v) is 5.01. The Labute approximate surface area is 196 Å². The summed E-state index contributed by atoms with van der Waals surface area (Å²) in [5.74, 6) is 1.14. The Balaban J connectivity index is 1.51. The molecule has 4 aromatic rings. The first kappa shape index (κ1) is 21.6. The van der Waals surface area contributed by atoms with Crippen molar-refractivity contribution < 1.29 is 9.18 Å². The van der Waals surface area contributed by atoms with Crippen LogP contribution in [0.15, 0.2) is 72.8 Å². The molecule has 1 aliphatic rings. The van der Waals surface area contributed by atoms with Crippen molar-refractivity contribution in [1.82, 2.24) is 9.97 Å². The number of anilines is 1. The smallest absolute Gasteiger partial charge is 0.219 e. The number of fused-ring (bicyclic) bond motifs is 1. The van der Waals surface area contributed by atoms with E-state index in [0.717, 1.165) is 47.5 Å². The number of aromatic nitrogens is 2. The highest BCUT2D eigenvalue weighted by molar-refractivity contribution is 8.13. The van der Waals surface area contributed by atoms with E-state index >= 15 is 0 Å². The summed E-state index contributed by atoms with van der Waals surface area (Å²) in [5.41, 5.74) is 4.72. The fourth-order valence-electron chi connectivity index (χ4n) is 4.23. The molecule has 1 atom stereocenters. The molecule has 3 aromatic carbocycles. The summed E-state index contributed by atoms with van der Waals surface area (Å²) in [6.07, 6.45) is 2.19. The lowest BCUT2D eigenvalue weighted by molar-refractivity contribution is 0.108. The van der Waals surface area contributed by atoms with Crippen molar-refractivity contribution in [2.24, 2.45) is 0 Å². The Hall–Kier alpha value is -3.25. The Morgan fingerprint density at radius 2 is 1.82 bits per heavy atom. The summed E-state index contributed by atoms with van der Waals surface area (Å²) < 4.78 is 13.5. The minimum absolute atomic E-state index is 0.0151. The molecule has 166 valence electrons. The average molecular weight is 458 g/mol. The number of benzene rings is 3. The second-order valence-electron chi connectivity index (χ2n) is 8.35. The molecule has 0 saturated carbocycles. The predicted molar refractivity (Wildman–Crippen MR) is 133 cm³/mol. The van der Waals surface area contributed by atoms with Crippen LogP contribution in [-0.2, 0) is 5.75 Å². The van der Waals surface area contributed by atoms with Crippen LogP contribution in [0.2, 0.25) is 0 Å². The van der Waals surface area contributed by atoms with Gasteiger partial charge in [-0.15, -0.1) is 0 Å². The Kier molecular flexibility index (Phi) is 6.09. The molecule has 1 fully saturated rings. The van der Waals surface area contributed by atoms with E-state index in [-0.39, 0.29) is 10.9 Å². The summed E-state index contributed by atoms with van der Waals surface area (Å²) in [7, 11) is 0. The Morgan fingerprint density at radius 3 is 2.55 bits per heavy atom. The summed E-state index contributed by atoms with van der Waals surface area (Å²) >= 11 is 1.29. The quantitative estimate of drug-likeness (QED) is 0.342. The van der Waals surface area contributed by atoms with Gasteiger partial charge in [0.05, 0.1) is 11.0 Å². The number of nitrogens with zero attached hydrogens (tertiary/aromatic N) is 3. The van der Waals surface area contributed by atoms with E-state index in [1.54, 1.807) is 12.1 Å². The minimum Gasteiger partial charge on any atom is -0.352 e. The van der Waals surface area contributed by atoms with Gasteiger partial charge in [0, 0.05) is 29.5 Å². The molecular formula is C27H24FN3OS. The summed E-state index contributed by atoms with van der Waals surface area (Å²) in [5, 5.41) is 0.0151. The largest absolute Gasteiger partial charge is 0.352 e. The SMILES string of the molecule is C[C@H]1CCCN1c1nc2cc(C(=O)SCc3ccccc3)ccc2nc1-c1ccc(F)cc1. The van der Waals surface area contributed by atoms with Crippen LogP contribution in [0.3, 0.4) is 0 Å². The van der Waals surface area contributed by atoms with Crippen LogP contribution in [0, 0.1) is 5.82 Å². The molecule has 0 spiro atoms. The number of hydrogen-bond donors (Lipinski definition) is 0. The maximum atomic E-state index is 13.5. The number of rotatable bonds is 5. The molecule has 4 nitrogen and oxygen atoms in total. The molecule has 33 heavy (non-hydrogen) atoms. The second kappa shape index (κ2) is 9.32. The first-order valence-corrected chi connectivity index (χ1v) is 12.1. The Morgan fingerprint density at radius 1 is 1.03 bits per heavy atom. The molecule has 0 radical (unpaired) electrons. The maximum Gasteiger partial charge on any atom is 0.219 e. The van der Waals surface area contributed by atoms with Crippen LogP contribution in [0.4, 0.5) is 10.2 Å². The van der Waals surface area contributed by atoms with Crippen LogP contribution < -0.4 is 4.90 Å². The zero-order chi connectivity index (χ0) is 22.8. The van der Waals surface area contributed by atoms with Crippen molar-refractivity contribution in [3.8, 4) is 11.3 Å². The average Bonchev–Trinajstić information content (AvgIpc) is 3.28. The van der Waals surface area contributed by atoms with Crippen molar-refractivity contribution in [1.29, 1.82) is 0 Å². The fraction of sp³-hybridized carbons (Fsp3) is 0.222. The third-order valence-corrected chi connectivity index (χ3v) is 7.01. The molecule has 2 heterocycles. The molecule has 0 amide bonds. The number of carbonyl (C=O) groups is 1. The van der Waals surface area contributed by atoms with Gasteiger partial charge >= 0.3 is 0 Å². The highest BCUT2D eigenvalue weighted by atomic mass is 32.2. The van der Waals surface area contributed by atoms with Gasteiger partial charge in [0.25, 0.3) is 0 Å². The van der Waals surface area contributed by atoms with Gasteiger partial charge in [-0.05, 0) is 67.8 Å². The monoisotopic (exact) mass is 457 g/mol. The van der Waals surface area contributed by atoms with E-state index in [1.807, 2.05) is 48.5 Å². The van der Waals surface area contributed by atoms with E-state index in [1.165, 1.54) is 23.9 Å². The minimum atomic E-state index is -0.278. The van der Waals surface area contributed by atoms with Crippen LogP contribution in [0.1, 0.15) is 35.7 Å². The molecule has 6 heteroatoms. The standard InChI is InChI=1S/C27H24FN3OS/c1-18-6-5-15-31(18)26-25(20-9-12-22(28)13-10-20)29-23-14-11-21(16-24(23)30-26)27(32)33-17-19-7-3-2-4-8-19/h2-4,7-14,16,18H,5-6,15,17H2,1H3/t18-/m0/s1. The molecule has 5 rings (SSSR count). The lowest BCUT2D eigenvalue weighted by atomic mass is 10.1. The Bertz CT molecular complexity index is 1290. The van der Waals surface area contributed by atoms with Gasteiger partial charge in [-0.2, -0.15) is 0 Å². The number of thioether (sulfide) groups is 1. The van der Waals surface area contributed by atoms with Gasteiger partial charge in [0.15, 0.2) is 5.82 Å². The van der Waals surface area contributed by atoms with Crippen LogP contribution in [-0.4, -0.2) is 27.7 Å². The van der Waals surface area contributed by atoms with Crippen LogP contribution in [0.5, 0.6) is 0 Å². The van der Waals surface area contributed by atoms with Crippen molar-refractivity contribution in [3.05, 3.63) is 89.7 Å². The van der Waals surface area contributed by atoms with E-state index in [0.29, 0.717) is 22.9 Å². The van der Waals surface area contributed by atoms with Gasteiger partial charge in [0.1, 0.15) is 11.5 Å². The highest BCUT2D eigenvalue weighted by Crippen LogP contribution is 2.34. The molecule has 0 bridgehead atoms. The lowest BCUT2D eigenvalue weighted by Gasteiger charge is -2.25. The third kappa shape index (κ3) is 4.62. The van der Waals surface area contributed by atoms with E-state index in [2.05, 4.69) is 11.8 Å². The van der Waals surface area contributed by atoms with Gasteiger partial charge in [-0.3, -0.25) is 4.79 Å². The van der Waals surface area contributed by atoms with E-state index < -0.39 is 0 Å². The number of carbonyl (C=O) groups excluding carboxylic acids is 1. The molecule has 0 unspecified atom stereocenters. The van der Waals surface area contributed by atoms with Gasteiger partial charge in [-0.1, -0.05) is 42.1 Å². The van der Waals surface area contributed by atoms with Crippen molar-refractivity contribution in [3.63, 3.8) is 0 Å². The normalized spacial score (nSPS) is 15.8. The molecule has 1 saturated heterocycles. The van der Waals surface area contributed by atoms with Crippen molar-refractivity contribution in [2.75, 3.05) is 11.4 Å². The summed E-state index contributed by atoms with van der Waals surface area (Å²) in [4.78, 5) is 25.0. The molecule has 0 aliphatic carbocycles. The highest BCUT2D eigenvalue weighted by Gasteiger charge is 2.26. The predicted octanol–water partition coefficient (Wildman–Crippen LogP) is 6.50. The lowest BCUT2D eigenvalue weighted by Crippen LogP contribution is -2.28.